The van der Waals surface area contributed by atoms with Crippen molar-refractivity contribution in [2.24, 2.45) is 0 Å². The summed E-state index contributed by atoms with van der Waals surface area (Å²) in [6.07, 6.45) is 1.75. The van der Waals surface area contributed by atoms with E-state index < -0.39 is 36.6 Å². The SMILES string of the molecule is COc1ccc2c(C(B3OC(C)(C)C(C)(C)O3)B3OC(C)(C)C(C)(C)O3)coc2c1. The molecule has 0 spiro atoms. The first-order valence-electron chi connectivity index (χ1n) is 10.5. The van der Waals surface area contributed by atoms with Crippen molar-refractivity contribution in [1.29, 1.82) is 0 Å². The molecule has 1 aromatic carbocycles. The van der Waals surface area contributed by atoms with Crippen LogP contribution in [0.15, 0.2) is 28.9 Å². The fourth-order valence-corrected chi connectivity index (χ4v) is 3.91. The van der Waals surface area contributed by atoms with Crippen LogP contribution in [-0.4, -0.2) is 43.8 Å². The number of methoxy groups -OCH3 is 1. The summed E-state index contributed by atoms with van der Waals surface area (Å²) in [6, 6.07) is 5.80. The lowest BCUT2D eigenvalue weighted by molar-refractivity contribution is 0.00578. The summed E-state index contributed by atoms with van der Waals surface area (Å²) in [5.74, 6) is 0.742. The van der Waals surface area contributed by atoms with Crippen molar-refractivity contribution in [1.82, 2.24) is 0 Å². The predicted octanol–water partition coefficient (Wildman–Crippen LogP) is 4.79. The van der Waals surface area contributed by atoms with E-state index >= 15 is 0 Å². The summed E-state index contributed by atoms with van der Waals surface area (Å²) in [5, 5.41) is 0.963. The smallest absolute Gasteiger partial charge is 0.463 e. The molecule has 0 atom stereocenters. The fraction of sp³-hybridized carbons (Fsp3) is 0.636. The van der Waals surface area contributed by atoms with Gasteiger partial charge in [0.2, 0.25) is 0 Å². The molecule has 0 N–H and O–H groups in total. The normalized spacial score (nSPS) is 24.2. The maximum atomic E-state index is 6.44. The predicted molar refractivity (Wildman–Crippen MR) is 118 cm³/mol. The molecule has 0 radical (unpaired) electrons. The van der Waals surface area contributed by atoms with Crippen molar-refractivity contribution in [2.45, 2.75) is 83.5 Å². The standard InChI is InChI=1S/C22H32B2O6/c1-19(2)20(3,4)28-23(27-19)18(24-29-21(5,6)22(7,8)30-24)16-13-26-17-12-14(25-9)10-11-15(16)17/h10-13,18H,1-9H3. The van der Waals surface area contributed by atoms with E-state index in [1.165, 1.54) is 0 Å². The molecule has 0 saturated carbocycles. The van der Waals surface area contributed by atoms with Crippen molar-refractivity contribution in [3.05, 3.63) is 30.0 Å². The number of fused-ring (bicyclic) bond motifs is 1. The number of benzene rings is 1. The third-order valence-electron chi connectivity index (χ3n) is 7.30. The van der Waals surface area contributed by atoms with Gasteiger partial charge in [-0.25, -0.2) is 0 Å². The first-order valence-corrected chi connectivity index (χ1v) is 10.5. The topological polar surface area (TPSA) is 59.3 Å². The molecule has 1 aromatic heterocycles. The second kappa shape index (κ2) is 6.76. The van der Waals surface area contributed by atoms with Gasteiger partial charge in [0.15, 0.2) is 0 Å². The number of hydrogen-bond acceptors (Lipinski definition) is 6. The van der Waals surface area contributed by atoms with Gasteiger partial charge in [0, 0.05) is 11.5 Å². The number of ether oxygens (including phenoxy) is 1. The average molecular weight is 414 g/mol. The van der Waals surface area contributed by atoms with E-state index in [1.54, 1.807) is 13.4 Å². The minimum absolute atomic E-state index is 0.332. The molecule has 0 amide bonds. The Balaban J connectivity index is 1.80. The molecule has 0 unspecified atom stereocenters. The first-order chi connectivity index (χ1) is 13.8. The summed E-state index contributed by atoms with van der Waals surface area (Å²) < 4.78 is 37.0. The Labute approximate surface area is 179 Å². The zero-order chi connectivity index (χ0) is 22.1. The van der Waals surface area contributed by atoms with Crippen LogP contribution >= 0.6 is 0 Å². The highest BCUT2D eigenvalue weighted by Crippen LogP contribution is 2.47. The molecule has 2 saturated heterocycles. The van der Waals surface area contributed by atoms with Gasteiger partial charge in [-0.3, -0.25) is 0 Å². The van der Waals surface area contributed by atoms with Gasteiger partial charge in [-0.1, -0.05) is 0 Å². The van der Waals surface area contributed by atoms with E-state index in [-0.39, 0.29) is 5.72 Å². The molecule has 2 fully saturated rings. The van der Waals surface area contributed by atoms with E-state index in [0.29, 0.717) is 0 Å². The molecule has 8 heteroatoms. The Hall–Kier alpha value is -1.47. The van der Waals surface area contributed by atoms with E-state index in [0.717, 1.165) is 22.3 Å². The lowest BCUT2D eigenvalue weighted by Crippen LogP contribution is -2.41. The first kappa shape index (κ1) is 21.8. The summed E-state index contributed by atoms with van der Waals surface area (Å²) in [6.45, 7) is 16.4. The van der Waals surface area contributed by atoms with Crippen molar-refractivity contribution in [3.63, 3.8) is 0 Å². The van der Waals surface area contributed by atoms with E-state index in [2.05, 4.69) is 0 Å². The summed E-state index contributed by atoms with van der Waals surface area (Å²) >= 11 is 0. The zero-order valence-electron chi connectivity index (χ0n) is 19.5. The second-order valence-electron chi connectivity index (χ2n) is 10.3. The van der Waals surface area contributed by atoms with Crippen LogP contribution in [0.3, 0.4) is 0 Å². The van der Waals surface area contributed by atoms with Crippen LogP contribution in [-0.2, 0) is 18.6 Å². The van der Waals surface area contributed by atoms with Gasteiger partial charge in [-0.05, 0) is 73.1 Å². The zero-order valence-corrected chi connectivity index (χ0v) is 19.5. The minimum Gasteiger partial charge on any atom is -0.497 e. The monoisotopic (exact) mass is 414 g/mol. The maximum absolute atomic E-state index is 6.44. The van der Waals surface area contributed by atoms with Crippen molar-refractivity contribution >= 4 is 25.2 Å². The molecule has 4 rings (SSSR count). The molecule has 6 nitrogen and oxygen atoms in total. The van der Waals surface area contributed by atoms with Crippen LogP contribution < -0.4 is 4.74 Å². The molecular formula is C22H32B2O6. The van der Waals surface area contributed by atoms with E-state index in [4.69, 9.17) is 27.8 Å². The van der Waals surface area contributed by atoms with Crippen molar-refractivity contribution in [2.75, 3.05) is 7.11 Å². The molecule has 2 aliphatic rings. The van der Waals surface area contributed by atoms with Gasteiger partial charge >= 0.3 is 14.2 Å². The van der Waals surface area contributed by atoms with Crippen LogP contribution in [0.2, 0.25) is 0 Å². The summed E-state index contributed by atoms with van der Waals surface area (Å²) in [7, 11) is 0.544. The van der Waals surface area contributed by atoms with Crippen LogP contribution in [0.25, 0.3) is 11.0 Å². The number of rotatable bonds is 4. The van der Waals surface area contributed by atoms with Gasteiger partial charge in [-0.15, -0.1) is 0 Å². The lowest BCUT2D eigenvalue weighted by atomic mass is 9.49. The second-order valence-corrected chi connectivity index (χ2v) is 10.3. The number of furan rings is 1. The van der Waals surface area contributed by atoms with Crippen LogP contribution in [0.1, 0.15) is 66.7 Å². The third kappa shape index (κ3) is 3.29. The fourth-order valence-electron chi connectivity index (χ4n) is 3.91. The highest BCUT2D eigenvalue weighted by molar-refractivity contribution is 6.68. The number of hydrogen-bond donors (Lipinski definition) is 0. The van der Waals surface area contributed by atoms with E-state index in [9.17, 15) is 0 Å². The summed E-state index contributed by atoms with van der Waals surface area (Å²) in [5.41, 5.74) is -0.538. The third-order valence-corrected chi connectivity index (χ3v) is 7.30. The molecule has 0 aliphatic carbocycles. The average Bonchev–Trinajstić information content (AvgIpc) is 3.18. The highest BCUT2D eigenvalue weighted by Gasteiger charge is 2.62. The Morgan fingerprint density at radius 2 is 1.23 bits per heavy atom. The van der Waals surface area contributed by atoms with Gasteiger partial charge < -0.3 is 27.8 Å². The van der Waals surface area contributed by atoms with Gasteiger partial charge in [0.25, 0.3) is 0 Å². The van der Waals surface area contributed by atoms with Crippen molar-refractivity contribution < 1.29 is 27.8 Å². The Bertz CT molecular complexity index is 880. The van der Waals surface area contributed by atoms with Gasteiger partial charge in [-0.2, -0.15) is 0 Å². The molecular weight excluding hydrogens is 382 g/mol. The maximum Gasteiger partial charge on any atom is 0.463 e. The lowest BCUT2D eigenvalue weighted by Gasteiger charge is -2.32. The summed E-state index contributed by atoms with van der Waals surface area (Å²) in [4.78, 5) is 0. The molecule has 162 valence electrons. The quantitative estimate of drug-likeness (QED) is 0.671. The Morgan fingerprint density at radius 1 is 0.767 bits per heavy atom. The minimum atomic E-state index is -0.549. The van der Waals surface area contributed by atoms with E-state index in [1.807, 2.05) is 73.6 Å². The van der Waals surface area contributed by atoms with Gasteiger partial charge in [0.05, 0.1) is 41.5 Å². The molecule has 30 heavy (non-hydrogen) atoms. The van der Waals surface area contributed by atoms with Crippen LogP contribution in [0.5, 0.6) is 5.75 Å². The molecule has 2 aliphatic heterocycles. The molecule has 0 bridgehead atoms. The van der Waals surface area contributed by atoms with Gasteiger partial charge in [0.1, 0.15) is 11.3 Å². The molecule has 2 aromatic rings. The van der Waals surface area contributed by atoms with Crippen LogP contribution in [0.4, 0.5) is 0 Å². The van der Waals surface area contributed by atoms with Crippen LogP contribution in [0, 0.1) is 0 Å². The van der Waals surface area contributed by atoms with Crippen molar-refractivity contribution in [3.8, 4) is 5.75 Å². The Morgan fingerprint density at radius 3 is 1.67 bits per heavy atom. The molecule has 3 heterocycles. The Kier molecular flexibility index (Phi) is 4.90. The highest BCUT2D eigenvalue weighted by atomic mass is 16.7. The largest absolute Gasteiger partial charge is 0.497 e.